The third kappa shape index (κ3) is 4.62. The molecule has 144 valence electrons. The van der Waals surface area contributed by atoms with E-state index in [9.17, 15) is 14.4 Å². The summed E-state index contributed by atoms with van der Waals surface area (Å²) in [6.07, 6.45) is 3.27. The van der Waals surface area contributed by atoms with Crippen LogP contribution in [0.25, 0.3) is 6.08 Å². The van der Waals surface area contributed by atoms with Crippen LogP contribution in [0.4, 0.5) is 4.39 Å². The van der Waals surface area contributed by atoms with Crippen LogP contribution in [-0.2, 0) is 11.4 Å². The molecule has 2 aromatic rings. The molecule has 0 atom stereocenters. The van der Waals surface area contributed by atoms with Crippen LogP contribution < -0.4 is 14.8 Å². The Morgan fingerprint density at radius 3 is 2.75 bits per heavy atom. The normalized spacial score (nSPS) is 13.6. The SMILES string of the molecule is COc1cccc(/C=C(\C#N)C(=O)NC2CC2)c1OCc1c(F)cccc1Cl. The number of hydrogen-bond acceptors (Lipinski definition) is 4. The average molecular weight is 401 g/mol. The van der Waals surface area contributed by atoms with Crippen molar-refractivity contribution in [2.75, 3.05) is 7.11 Å². The van der Waals surface area contributed by atoms with Gasteiger partial charge in [-0.15, -0.1) is 0 Å². The third-order valence-electron chi connectivity index (χ3n) is 4.23. The molecule has 0 saturated heterocycles. The number of nitriles is 1. The van der Waals surface area contributed by atoms with E-state index in [0.29, 0.717) is 11.3 Å². The Bertz CT molecular complexity index is 944. The van der Waals surface area contributed by atoms with Crippen LogP contribution >= 0.6 is 11.6 Å². The van der Waals surface area contributed by atoms with E-state index in [0.717, 1.165) is 12.8 Å². The number of methoxy groups -OCH3 is 1. The molecule has 3 rings (SSSR count). The third-order valence-corrected chi connectivity index (χ3v) is 4.58. The van der Waals surface area contributed by atoms with E-state index in [1.54, 1.807) is 24.3 Å². The highest BCUT2D eigenvalue weighted by molar-refractivity contribution is 6.31. The van der Waals surface area contributed by atoms with Crippen LogP contribution in [0.1, 0.15) is 24.0 Å². The zero-order valence-corrected chi connectivity index (χ0v) is 15.9. The van der Waals surface area contributed by atoms with Gasteiger partial charge in [0.05, 0.1) is 12.1 Å². The average Bonchev–Trinajstić information content (AvgIpc) is 3.50. The Labute approximate surface area is 167 Å². The van der Waals surface area contributed by atoms with Crippen molar-refractivity contribution in [3.05, 3.63) is 63.9 Å². The molecule has 1 N–H and O–H groups in total. The van der Waals surface area contributed by atoms with Crippen LogP contribution in [0.2, 0.25) is 5.02 Å². The number of halogens is 2. The molecule has 1 amide bonds. The fourth-order valence-corrected chi connectivity index (χ4v) is 2.79. The number of amides is 1. The number of nitrogens with one attached hydrogen (secondary N) is 1. The Hall–Kier alpha value is -3.04. The minimum absolute atomic E-state index is 0.0473. The van der Waals surface area contributed by atoms with Crippen molar-refractivity contribution in [3.63, 3.8) is 0 Å². The van der Waals surface area contributed by atoms with Gasteiger partial charge in [-0.25, -0.2) is 4.39 Å². The van der Waals surface area contributed by atoms with Gasteiger partial charge in [0.1, 0.15) is 24.1 Å². The van der Waals surface area contributed by atoms with Gasteiger partial charge in [-0.1, -0.05) is 29.8 Å². The van der Waals surface area contributed by atoms with Gasteiger partial charge in [0, 0.05) is 17.2 Å². The van der Waals surface area contributed by atoms with Gasteiger partial charge in [-0.3, -0.25) is 4.79 Å². The van der Waals surface area contributed by atoms with Crippen LogP contribution in [-0.4, -0.2) is 19.1 Å². The summed E-state index contributed by atoms with van der Waals surface area (Å²) < 4.78 is 25.1. The predicted molar refractivity (Wildman–Crippen MR) is 103 cm³/mol. The number of ether oxygens (including phenoxy) is 2. The number of carbonyl (C=O) groups is 1. The molecule has 2 aromatic carbocycles. The van der Waals surface area contributed by atoms with E-state index >= 15 is 0 Å². The molecule has 5 nitrogen and oxygen atoms in total. The van der Waals surface area contributed by atoms with Crippen molar-refractivity contribution in [2.45, 2.75) is 25.5 Å². The van der Waals surface area contributed by atoms with Gasteiger partial charge >= 0.3 is 0 Å². The summed E-state index contributed by atoms with van der Waals surface area (Å²) in [5, 5.41) is 12.4. The maximum absolute atomic E-state index is 14.0. The van der Waals surface area contributed by atoms with Gasteiger partial charge in [0.25, 0.3) is 5.91 Å². The molecule has 1 aliphatic rings. The first-order chi connectivity index (χ1) is 13.5. The second kappa shape index (κ2) is 8.77. The predicted octanol–water partition coefficient (Wildman–Crippen LogP) is 4.25. The van der Waals surface area contributed by atoms with E-state index in [1.807, 2.05) is 6.07 Å². The number of rotatable bonds is 7. The zero-order valence-electron chi connectivity index (χ0n) is 15.2. The van der Waals surface area contributed by atoms with Gasteiger partial charge in [0.2, 0.25) is 0 Å². The second-order valence-electron chi connectivity index (χ2n) is 6.29. The first-order valence-electron chi connectivity index (χ1n) is 8.68. The van der Waals surface area contributed by atoms with E-state index in [1.165, 1.54) is 25.3 Å². The fourth-order valence-electron chi connectivity index (χ4n) is 2.57. The molecule has 28 heavy (non-hydrogen) atoms. The summed E-state index contributed by atoms with van der Waals surface area (Å²) in [5.74, 6) is -0.241. The lowest BCUT2D eigenvalue weighted by Gasteiger charge is -2.15. The molecule has 0 bridgehead atoms. The summed E-state index contributed by atoms with van der Waals surface area (Å²) in [7, 11) is 1.47. The number of hydrogen-bond donors (Lipinski definition) is 1. The largest absolute Gasteiger partial charge is 0.493 e. The van der Waals surface area contributed by atoms with E-state index in [4.69, 9.17) is 21.1 Å². The standard InChI is InChI=1S/C21H18ClFN2O3/c1-27-19-7-2-4-13(10-14(11-24)21(26)25-15-8-9-15)20(19)28-12-16-17(22)5-3-6-18(16)23/h2-7,10,15H,8-9,12H2,1H3,(H,25,26)/b14-10+. The minimum atomic E-state index is -0.485. The van der Waals surface area contributed by atoms with Gasteiger partial charge in [-0.05, 0) is 37.1 Å². The molecule has 1 fully saturated rings. The lowest BCUT2D eigenvalue weighted by atomic mass is 10.1. The van der Waals surface area contributed by atoms with Crippen molar-refractivity contribution in [1.29, 1.82) is 5.26 Å². The number of para-hydroxylation sites is 1. The second-order valence-corrected chi connectivity index (χ2v) is 6.69. The number of carbonyl (C=O) groups excluding carboxylic acids is 1. The first kappa shape index (κ1) is 19.7. The number of benzene rings is 2. The summed E-state index contributed by atoms with van der Waals surface area (Å²) in [6.45, 7) is -0.136. The summed E-state index contributed by atoms with van der Waals surface area (Å²) >= 11 is 6.05. The molecule has 0 heterocycles. The van der Waals surface area contributed by atoms with E-state index < -0.39 is 11.7 Å². The van der Waals surface area contributed by atoms with Crippen molar-refractivity contribution in [2.24, 2.45) is 0 Å². The Balaban J connectivity index is 1.90. The Morgan fingerprint density at radius 2 is 2.11 bits per heavy atom. The fraction of sp³-hybridized carbons (Fsp3) is 0.238. The van der Waals surface area contributed by atoms with Gasteiger partial charge in [-0.2, -0.15) is 5.26 Å². The molecule has 0 spiro atoms. The molecular formula is C21H18ClFN2O3. The highest BCUT2D eigenvalue weighted by Crippen LogP contribution is 2.34. The molecular weight excluding hydrogens is 383 g/mol. The van der Waals surface area contributed by atoms with E-state index in [2.05, 4.69) is 5.32 Å². The van der Waals surface area contributed by atoms with Gasteiger partial charge in [0.15, 0.2) is 11.5 Å². The minimum Gasteiger partial charge on any atom is -0.493 e. The zero-order chi connectivity index (χ0) is 20.1. The van der Waals surface area contributed by atoms with Crippen LogP contribution in [0, 0.1) is 17.1 Å². The summed E-state index contributed by atoms with van der Waals surface area (Å²) in [4.78, 5) is 12.2. The summed E-state index contributed by atoms with van der Waals surface area (Å²) in [6, 6.07) is 11.5. The van der Waals surface area contributed by atoms with Crippen LogP contribution in [0.3, 0.4) is 0 Å². The Morgan fingerprint density at radius 1 is 1.36 bits per heavy atom. The maximum Gasteiger partial charge on any atom is 0.262 e. The molecule has 7 heteroatoms. The van der Waals surface area contributed by atoms with Gasteiger partial charge < -0.3 is 14.8 Å². The quantitative estimate of drug-likeness (QED) is 0.557. The number of nitrogens with zero attached hydrogens (tertiary/aromatic N) is 1. The highest BCUT2D eigenvalue weighted by Gasteiger charge is 2.25. The molecule has 0 aliphatic heterocycles. The molecule has 1 saturated carbocycles. The lowest BCUT2D eigenvalue weighted by molar-refractivity contribution is -0.117. The molecule has 1 aliphatic carbocycles. The molecule has 0 aromatic heterocycles. The monoisotopic (exact) mass is 400 g/mol. The lowest BCUT2D eigenvalue weighted by Crippen LogP contribution is -2.26. The van der Waals surface area contributed by atoms with Crippen molar-refractivity contribution in [1.82, 2.24) is 5.32 Å². The van der Waals surface area contributed by atoms with Crippen LogP contribution in [0.15, 0.2) is 42.0 Å². The van der Waals surface area contributed by atoms with Crippen molar-refractivity contribution in [3.8, 4) is 17.6 Å². The molecule has 0 radical (unpaired) electrons. The van der Waals surface area contributed by atoms with E-state index in [-0.39, 0.29) is 34.6 Å². The maximum atomic E-state index is 14.0. The topological polar surface area (TPSA) is 71.3 Å². The first-order valence-corrected chi connectivity index (χ1v) is 9.06. The summed E-state index contributed by atoms with van der Waals surface area (Å²) in [5.41, 5.74) is 0.625. The molecule has 0 unspecified atom stereocenters. The smallest absolute Gasteiger partial charge is 0.262 e. The van der Waals surface area contributed by atoms with Crippen LogP contribution in [0.5, 0.6) is 11.5 Å². The van der Waals surface area contributed by atoms with Crippen molar-refractivity contribution >= 4 is 23.6 Å². The highest BCUT2D eigenvalue weighted by atomic mass is 35.5. The van der Waals surface area contributed by atoms with Crippen molar-refractivity contribution < 1.29 is 18.7 Å². The Kier molecular flexibility index (Phi) is 6.17.